The van der Waals surface area contributed by atoms with E-state index in [2.05, 4.69) is 11.2 Å². The number of nitrogens with one attached hydrogen (secondary N) is 1. The first-order valence-electron chi connectivity index (χ1n) is 5.20. The quantitative estimate of drug-likeness (QED) is 0.728. The predicted octanol–water partition coefficient (Wildman–Crippen LogP) is 2.37. The molecule has 0 saturated heterocycles. The molecule has 0 saturated carbocycles. The lowest BCUT2D eigenvalue weighted by Crippen LogP contribution is -2.28. The number of terminal acetylenes is 1. The van der Waals surface area contributed by atoms with Gasteiger partial charge in [0.15, 0.2) is 0 Å². The Bertz CT molecular complexity index is 341. The van der Waals surface area contributed by atoms with E-state index in [-0.39, 0.29) is 11.9 Å². The molecule has 0 aliphatic heterocycles. The third kappa shape index (κ3) is 3.73. The topological polar surface area (TPSA) is 12.0 Å². The SMILES string of the molecule is C#CC(CC)NCCc1ccccc1F. The van der Waals surface area contributed by atoms with Gasteiger partial charge in [0.05, 0.1) is 6.04 Å². The zero-order valence-electron chi connectivity index (χ0n) is 8.96. The molecule has 0 bridgehead atoms. The molecule has 80 valence electrons. The first-order valence-corrected chi connectivity index (χ1v) is 5.20. The average Bonchev–Trinajstić information content (AvgIpc) is 2.27. The Kier molecular flexibility index (Phi) is 4.86. The maximum atomic E-state index is 13.2. The highest BCUT2D eigenvalue weighted by Crippen LogP contribution is 2.06. The van der Waals surface area contributed by atoms with E-state index in [9.17, 15) is 4.39 Å². The Hall–Kier alpha value is -1.33. The van der Waals surface area contributed by atoms with Crippen LogP contribution < -0.4 is 5.32 Å². The maximum Gasteiger partial charge on any atom is 0.126 e. The van der Waals surface area contributed by atoms with E-state index in [1.165, 1.54) is 6.07 Å². The fourth-order valence-electron chi connectivity index (χ4n) is 1.40. The molecular formula is C13H16FN. The molecule has 0 amide bonds. The second-order valence-electron chi connectivity index (χ2n) is 3.42. The molecule has 0 radical (unpaired) electrons. The first kappa shape index (κ1) is 11.7. The van der Waals surface area contributed by atoms with Crippen LogP contribution in [0.2, 0.25) is 0 Å². The van der Waals surface area contributed by atoms with Gasteiger partial charge < -0.3 is 5.32 Å². The van der Waals surface area contributed by atoms with Crippen LogP contribution in [0.15, 0.2) is 24.3 Å². The Morgan fingerprint density at radius 2 is 2.20 bits per heavy atom. The standard InChI is InChI=1S/C13H16FN/c1-3-12(4-2)15-10-9-11-7-5-6-8-13(11)14/h1,5-8,12,15H,4,9-10H2,2H3. The van der Waals surface area contributed by atoms with Gasteiger partial charge in [0.2, 0.25) is 0 Å². The fraction of sp³-hybridized carbons (Fsp3) is 0.385. The third-order valence-electron chi connectivity index (χ3n) is 2.35. The molecule has 1 nitrogen and oxygen atoms in total. The smallest absolute Gasteiger partial charge is 0.126 e. The van der Waals surface area contributed by atoms with Gasteiger partial charge in [0, 0.05) is 6.54 Å². The number of hydrogen-bond donors (Lipinski definition) is 1. The summed E-state index contributed by atoms with van der Waals surface area (Å²) < 4.78 is 13.2. The van der Waals surface area contributed by atoms with Crippen LogP contribution in [0.3, 0.4) is 0 Å². The lowest BCUT2D eigenvalue weighted by Gasteiger charge is -2.10. The molecule has 0 heterocycles. The minimum atomic E-state index is -0.145. The number of rotatable bonds is 5. The number of halogens is 1. The third-order valence-corrected chi connectivity index (χ3v) is 2.35. The van der Waals surface area contributed by atoms with E-state index in [1.54, 1.807) is 12.1 Å². The molecule has 0 fully saturated rings. The van der Waals surface area contributed by atoms with Gasteiger partial charge in [0.1, 0.15) is 5.82 Å². The van der Waals surface area contributed by atoms with Gasteiger partial charge >= 0.3 is 0 Å². The van der Waals surface area contributed by atoms with Gasteiger partial charge in [-0.05, 0) is 24.5 Å². The summed E-state index contributed by atoms with van der Waals surface area (Å²) in [5, 5.41) is 3.19. The summed E-state index contributed by atoms with van der Waals surface area (Å²) in [4.78, 5) is 0. The summed E-state index contributed by atoms with van der Waals surface area (Å²) in [6.07, 6.45) is 6.87. The molecule has 1 atom stereocenters. The maximum absolute atomic E-state index is 13.2. The van der Waals surface area contributed by atoms with Gasteiger partial charge in [0.25, 0.3) is 0 Å². The highest BCUT2D eigenvalue weighted by atomic mass is 19.1. The van der Waals surface area contributed by atoms with Crippen LogP contribution in [-0.2, 0) is 6.42 Å². The Balaban J connectivity index is 2.39. The largest absolute Gasteiger partial charge is 0.303 e. The van der Waals surface area contributed by atoms with Gasteiger partial charge in [-0.3, -0.25) is 0 Å². The van der Waals surface area contributed by atoms with Crippen LogP contribution in [0.5, 0.6) is 0 Å². The Labute approximate surface area is 90.7 Å². The monoisotopic (exact) mass is 205 g/mol. The normalized spacial score (nSPS) is 12.1. The molecule has 1 rings (SSSR count). The zero-order valence-corrected chi connectivity index (χ0v) is 8.96. The highest BCUT2D eigenvalue weighted by molar-refractivity contribution is 5.17. The predicted molar refractivity (Wildman–Crippen MR) is 61.0 cm³/mol. The highest BCUT2D eigenvalue weighted by Gasteiger charge is 2.02. The minimum absolute atomic E-state index is 0.0942. The summed E-state index contributed by atoms with van der Waals surface area (Å²) in [6.45, 7) is 2.74. The lowest BCUT2D eigenvalue weighted by molar-refractivity contribution is 0.571. The molecular weight excluding hydrogens is 189 g/mol. The van der Waals surface area contributed by atoms with Crippen molar-refractivity contribution in [2.45, 2.75) is 25.8 Å². The molecule has 0 spiro atoms. The molecule has 0 aliphatic rings. The lowest BCUT2D eigenvalue weighted by atomic mass is 10.1. The van der Waals surface area contributed by atoms with E-state index in [4.69, 9.17) is 6.42 Å². The molecule has 2 heteroatoms. The van der Waals surface area contributed by atoms with Gasteiger partial charge in [-0.1, -0.05) is 31.0 Å². The van der Waals surface area contributed by atoms with Crippen molar-refractivity contribution in [2.75, 3.05) is 6.54 Å². The number of benzene rings is 1. The van der Waals surface area contributed by atoms with E-state index in [1.807, 2.05) is 13.0 Å². The summed E-state index contributed by atoms with van der Waals surface area (Å²) in [5.74, 6) is 2.50. The molecule has 1 N–H and O–H groups in total. The summed E-state index contributed by atoms with van der Waals surface area (Å²) in [6, 6.07) is 6.91. The molecule has 1 aromatic carbocycles. The fourth-order valence-corrected chi connectivity index (χ4v) is 1.40. The second-order valence-corrected chi connectivity index (χ2v) is 3.42. The van der Waals surface area contributed by atoms with E-state index >= 15 is 0 Å². The van der Waals surface area contributed by atoms with Crippen molar-refractivity contribution in [3.8, 4) is 12.3 Å². The second kappa shape index (κ2) is 6.21. The Morgan fingerprint density at radius 3 is 2.80 bits per heavy atom. The number of hydrogen-bond acceptors (Lipinski definition) is 1. The van der Waals surface area contributed by atoms with Gasteiger partial charge in [-0.15, -0.1) is 6.42 Å². The van der Waals surface area contributed by atoms with Crippen molar-refractivity contribution in [3.63, 3.8) is 0 Å². The summed E-state index contributed by atoms with van der Waals surface area (Å²) in [7, 11) is 0. The van der Waals surface area contributed by atoms with E-state index < -0.39 is 0 Å². The zero-order chi connectivity index (χ0) is 11.1. The van der Waals surface area contributed by atoms with Gasteiger partial charge in [-0.2, -0.15) is 0 Å². The molecule has 1 unspecified atom stereocenters. The van der Waals surface area contributed by atoms with E-state index in [0.29, 0.717) is 13.0 Å². The average molecular weight is 205 g/mol. The molecule has 0 aromatic heterocycles. The van der Waals surface area contributed by atoms with Crippen LogP contribution in [0.1, 0.15) is 18.9 Å². The Morgan fingerprint density at radius 1 is 1.47 bits per heavy atom. The van der Waals surface area contributed by atoms with Crippen molar-refractivity contribution in [1.82, 2.24) is 5.32 Å². The van der Waals surface area contributed by atoms with Crippen molar-refractivity contribution in [3.05, 3.63) is 35.6 Å². The van der Waals surface area contributed by atoms with Gasteiger partial charge in [-0.25, -0.2) is 4.39 Å². The van der Waals surface area contributed by atoms with Crippen molar-refractivity contribution in [2.24, 2.45) is 0 Å². The first-order chi connectivity index (χ1) is 7.27. The molecule has 1 aromatic rings. The van der Waals surface area contributed by atoms with E-state index in [0.717, 1.165) is 12.0 Å². The van der Waals surface area contributed by atoms with Crippen LogP contribution >= 0.6 is 0 Å². The van der Waals surface area contributed by atoms with Crippen LogP contribution in [0, 0.1) is 18.2 Å². The summed E-state index contributed by atoms with van der Waals surface area (Å²) >= 11 is 0. The van der Waals surface area contributed by atoms with Crippen LogP contribution in [-0.4, -0.2) is 12.6 Å². The van der Waals surface area contributed by atoms with Crippen molar-refractivity contribution >= 4 is 0 Å². The van der Waals surface area contributed by atoms with Crippen LogP contribution in [0.25, 0.3) is 0 Å². The molecule has 0 aliphatic carbocycles. The van der Waals surface area contributed by atoms with Crippen molar-refractivity contribution < 1.29 is 4.39 Å². The molecule has 15 heavy (non-hydrogen) atoms. The summed E-state index contributed by atoms with van der Waals surface area (Å²) in [5.41, 5.74) is 0.733. The van der Waals surface area contributed by atoms with Crippen LogP contribution in [0.4, 0.5) is 4.39 Å². The van der Waals surface area contributed by atoms with Crippen molar-refractivity contribution in [1.29, 1.82) is 0 Å². The minimum Gasteiger partial charge on any atom is -0.303 e.